The normalized spacial score (nSPS) is 27.4. The van der Waals surface area contributed by atoms with Crippen molar-refractivity contribution in [3.05, 3.63) is 0 Å². The lowest BCUT2D eigenvalue weighted by molar-refractivity contribution is -0.0848. The summed E-state index contributed by atoms with van der Waals surface area (Å²) in [7, 11) is -1.74. The monoisotopic (exact) mass is 454 g/mol. The van der Waals surface area contributed by atoms with Crippen molar-refractivity contribution < 1.29 is 9.16 Å². The molecular formula is C19H39IO2Si. The van der Waals surface area contributed by atoms with Gasteiger partial charge in [0, 0.05) is 16.3 Å². The Hall–Kier alpha value is 0.867. The van der Waals surface area contributed by atoms with Gasteiger partial charge >= 0.3 is 0 Å². The van der Waals surface area contributed by atoms with E-state index in [0.29, 0.717) is 15.9 Å². The molecule has 0 radical (unpaired) electrons. The second-order valence-corrected chi connectivity index (χ2v) is 15.5. The summed E-state index contributed by atoms with van der Waals surface area (Å²) in [5.41, 5.74) is 0. The number of halogens is 1. The summed E-state index contributed by atoms with van der Waals surface area (Å²) >= 11 is 2.57. The molecule has 0 spiro atoms. The van der Waals surface area contributed by atoms with Crippen LogP contribution < -0.4 is 0 Å². The molecular weight excluding hydrogens is 415 g/mol. The maximum absolute atomic E-state index is 6.53. The molecule has 0 aliphatic carbocycles. The Balaban J connectivity index is 2.53. The van der Waals surface area contributed by atoms with Crippen LogP contribution in [0.5, 0.6) is 0 Å². The molecule has 0 aromatic carbocycles. The summed E-state index contributed by atoms with van der Waals surface area (Å²) in [4.78, 5) is 0. The topological polar surface area (TPSA) is 18.5 Å². The van der Waals surface area contributed by atoms with Gasteiger partial charge in [0.2, 0.25) is 0 Å². The van der Waals surface area contributed by atoms with Gasteiger partial charge in [-0.25, -0.2) is 0 Å². The van der Waals surface area contributed by atoms with Crippen LogP contribution in [-0.2, 0) is 9.16 Å². The Morgan fingerprint density at radius 3 is 2.30 bits per heavy atom. The highest BCUT2D eigenvalue weighted by molar-refractivity contribution is 14.1. The fourth-order valence-electron chi connectivity index (χ4n) is 3.02. The summed E-state index contributed by atoms with van der Waals surface area (Å²) in [6.07, 6.45) is 9.43. The molecule has 1 rings (SSSR count). The number of alkyl halides is 1. The van der Waals surface area contributed by atoms with Crippen LogP contribution >= 0.6 is 22.6 Å². The fourth-order valence-corrected chi connectivity index (χ4v) is 4.94. The van der Waals surface area contributed by atoms with E-state index in [9.17, 15) is 0 Å². The largest absolute Gasteiger partial charge is 0.392 e. The molecule has 1 heterocycles. The zero-order valence-electron chi connectivity index (χ0n) is 16.5. The zero-order chi connectivity index (χ0) is 17.7. The summed E-state index contributed by atoms with van der Waals surface area (Å²) in [6.45, 7) is 16.2. The number of unbranched alkanes of at least 4 members (excludes halogenated alkanes) is 4. The average molecular weight is 455 g/mol. The average Bonchev–Trinajstić information content (AvgIpc) is 2.79. The Kier molecular flexibility index (Phi) is 9.08. The first kappa shape index (κ1) is 21.9. The molecule has 0 saturated carbocycles. The van der Waals surface area contributed by atoms with Crippen LogP contribution in [0.25, 0.3) is 0 Å². The first-order valence-corrected chi connectivity index (χ1v) is 13.7. The van der Waals surface area contributed by atoms with E-state index in [2.05, 4.69) is 70.3 Å². The number of hydrogen-bond donors (Lipinski definition) is 0. The van der Waals surface area contributed by atoms with Crippen molar-refractivity contribution in [3.63, 3.8) is 0 Å². The quantitative estimate of drug-likeness (QED) is 0.163. The molecule has 0 bridgehead atoms. The van der Waals surface area contributed by atoms with E-state index < -0.39 is 8.32 Å². The van der Waals surface area contributed by atoms with Gasteiger partial charge in [-0.2, -0.15) is 0 Å². The third-order valence-electron chi connectivity index (χ3n) is 5.68. The lowest BCUT2D eigenvalue weighted by Crippen LogP contribution is -2.44. The van der Waals surface area contributed by atoms with E-state index in [1.165, 1.54) is 38.5 Å². The van der Waals surface area contributed by atoms with Crippen molar-refractivity contribution in [2.45, 2.75) is 114 Å². The van der Waals surface area contributed by atoms with Crippen molar-refractivity contribution >= 4 is 30.9 Å². The van der Waals surface area contributed by atoms with Crippen LogP contribution in [0.1, 0.15) is 79.6 Å². The van der Waals surface area contributed by atoms with E-state index in [-0.39, 0.29) is 11.3 Å². The summed E-state index contributed by atoms with van der Waals surface area (Å²) in [5.74, 6) is 0.650. The standard InChI is InChI=1S/C19H39IO2Si/c1-8-9-10-11-12-13-17-16(15(2)20)14-18(21-17)22-23(6,7)19(3,4)5/h15-18H,8-14H2,1-7H3. The van der Waals surface area contributed by atoms with Gasteiger partial charge in [-0.05, 0) is 24.6 Å². The van der Waals surface area contributed by atoms with Crippen molar-refractivity contribution in [2.75, 3.05) is 0 Å². The van der Waals surface area contributed by atoms with Crippen LogP contribution in [0, 0.1) is 5.92 Å². The van der Waals surface area contributed by atoms with Crippen molar-refractivity contribution in [2.24, 2.45) is 5.92 Å². The third kappa shape index (κ3) is 6.94. The maximum atomic E-state index is 6.53. The molecule has 4 atom stereocenters. The van der Waals surface area contributed by atoms with E-state index in [1.54, 1.807) is 0 Å². The van der Waals surface area contributed by atoms with Crippen molar-refractivity contribution in [1.29, 1.82) is 0 Å². The number of ether oxygens (including phenoxy) is 1. The number of rotatable bonds is 9. The number of hydrogen-bond acceptors (Lipinski definition) is 2. The van der Waals surface area contributed by atoms with Gasteiger partial charge in [0.25, 0.3) is 0 Å². The molecule has 1 aliphatic heterocycles. The smallest absolute Gasteiger partial charge is 0.195 e. The van der Waals surface area contributed by atoms with Gasteiger partial charge in [-0.3, -0.25) is 0 Å². The SMILES string of the molecule is CCCCCCCC1OC(O[Si](C)(C)C(C)(C)C)CC1C(C)I. The molecule has 4 unspecified atom stereocenters. The summed E-state index contributed by atoms with van der Waals surface area (Å²) < 4.78 is 13.6. The van der Waals surface area contributed by atoms with Crippen LogP contribution in [0.15, 0.2) is 0 Å². The lowest BCUT2D eigenvalue weighted by atomic mass is 9.94. The Bertz CT molecular complexity index is 339. The highest BCUT2D eigenvalue weighted by atomic mass is 127. The van der Waals surface area contributed by atoms with Gasteiger partial charge in [0.1, 0.15) is 6.29 Å². The van der Waals surface area contributed by atoms with Gasteiger partial charge < -0.3 is 9.16 Å². The Morgan fingerprint density at radius 2 is 1.78 bits per heavy atom. The highest BCUT2D eigenvalue weighted by Crippen LogP contribution is 2.42. The van der Waals surface area contributed by atoms with E-state index in [1.807, 2.05) is 0 Å². The van der Waals surface area contributed by atoms with Crippen molar-refractivity contribution in [3.8, 4) is 0 Å². The first-order valence-electron chi connectivity index (χ1n) is 9.56. The molecule has 0 amide bonds. The summed E-state index contributed by atoms with van der Waals surface area (Å²) in [6, 6.07) is 0. The lowest BCUT2D eigenvalue weighted by Gasteiger charge is -2.38. The molecule has 2 nitrogen and oxygen atoms in total. The second kappa shape index (κ2) is 9.53. The van der Waals surface area contributed by atoms with Crippen LogP contribution in [-0.4, -0.2) is 24.6 Å². The van der Waals surface area contributed by atoms with Gasteiger partial charge in [-0.15, -0.1) is 0 Å². The molecule has 1 fully saturated rings. The van der Waals surface area contributed by atoms with Gasteiger partial charge in [-0.1, -0.05) is 89.3 Å². The molecule has 0 N–H and O–H groups in total. The molecule has 1 aliphatic rings. The van der Waals surface area contributed by atoms with E-state index in [0.717, 1.165) is 6.42 Å². The predicted octanol–water partition coefficient (Wildman–Crippen LogP) is 6.92. The van der Waals surface area contributed by atoms with E-state index >= 15 is 0 Å². The third-order valence-corrected chi connectivity index (χ3v) is 11.1. The predicted molar refractivity (Wildman–Crippen MR) is 112 cm³/mol. The van der Waals surface area contributed by atoms with Crippen molar-refractivity contribution in [1.82, 2.24) is 0 Å². The van der Waals surface area contributed by atoms with Gasteiger partial charge in [0.15, 0.2) is 8.32 Å². The highest BCUT2D eigenvalue weighted by Gasteiger charge is 2.44. The summed E-state index contributed by atoms with van der Waals surface area (Å²) in [5, 5.41) is 0.250. The minimum absolute atomic E-state index is 0.0266. The molecule has 23 heavy (non-hydrogen) atoms. The van der Waals surface area contributed by atoms with Crippen LogP contribution in [0.3, 0.4) is 0 Å². The Morgan fingerprint density at radius 1 is 1.17 bits per heavy atom. The molecule has 0 aromatic rings. The molecule has 138 valence electrons. The fraction of sp³-hybridized carbons (Fsp3) is 1.00. The molecule has 1 saturated heterocycles. The van der Waals surface area contributed by atoms with E-state index in [4.69, 9.17) is 9.16 Å². The zero-order valence-corrected chi connectivity index (χ0v) is 19.6. The first-order chi connectivity index (χ1) is 10.6. The minimum Gasteiger partial charge on any atom is -0.392 e. The molecule has 0 aromatic heterocycles. The maximum Gasteiger partial charge on any atom is 0.195 e. The molecule has 4 heteroatoms. The van der Waals surface area contributed by atoms with Crippen LogP contribution in [0.2, 0.25) is 18.1 Å². The second-order valence-electron chi connectivity index (χ2n) is 8.76. The van der Waals surface area contributed by atoms with Crippen LogP contribution in [0.4, 0.5) is 0 Å². The van der Waals surface area contributed by atoms with Gasteiger partial charge in [0.05, 0.1) is 6.10 Å². The Labute approximate surface area is 159 Å². The minimum atomic E-state index is -1.74.